The first-order valence-corrected chi connectivity index (χ1v) is 7.47. The van der Waals surface area contributed by atoms with Gasteiger partial charge in [0, 0.05) is 15.9 Å². The van der Waals surface area contributed by atoms with E-state index in [-0.39, 0.29) is 11.1 Å². The Morgan fingerprint density at radius 3 is 2.54 bits per heavy atom. The molecule has 0 atom stereocenters. The van der Waals surface area contributed by atoms with Crippen LogP contribution in [0.15, 0.2) is 53.3 Å². The van der Waals surface area contributed by atoms with Crippen molar-refractivity contribution < 1.29 is 9.90 Å². The predicted molar refractivity (Wildman–Crippen MR) is 91.2 cm³/mol. The van der Waals surface area contributed by atoms with Crippen LogP contribution in [-0.4, -0.2) is 25.8 Å². The zero-order valence-electron chi connectivity index (χ0n) is 12.2. The average Bonchev–Trinajstić information content (AvgIpc) is 2.92. The minimum absolute atomic E-state index is 0.221. The molecule has 0 amide bonds. The van der Waals surface area contributed by atoms with Gasteiger partial charge < -0.3 is 10.1 Å². The van der Waals surface area contributed by atoms with E-state index in [2.05, 4.69) is 10.1 Å². The molecule has 2 heterocycles. The molecule has 0 unspecified atom stereocenters. The van der Waals surface area contributed by atoms with Crippen molar-refractivity contribution in [2.45, 2.75) is 0 Å². The topological polar surface area (TPSA) is 88.0 Å². The van der Waals surface area contributed by atoms with Gasteiger partial charge in [0.1, 0.15) is 5.52 Å². The Kier molecular flexibility index (Phi) is 3.14. The maximum Gasteiger partial charge on any atom is 0.343 e. The Labute approximate surface area is 139 Å². The SMILES string of the molecule is O=C(O)c1c(=O)n(-c2ccc(Cl)cc2)nc2c1[nH]c1ccccc12. The number of aromatic amines is 1. The molecule has 0 radical (unpaired) electrons. The lowest BCUT2D eigenvalue weighted by atomic mass is 10.2. The van der Waals surface area contributed by atoms with E-state index in [4.69, 9.17) is 11.6 Å². The van der Waals surface area contributed by atoms with E-state index in [0.717, 1.165) is 15.6 Å². The van der Waals surface area contributed by atoms with E-state index in [0.29, 0.717) is 16.2 Å². The van der Waals surface area contributed by atoms with E-state index in [1.165, 1.54) is 0 Å². The number of hydrogen-bond acceptors (Lipinski definition) is 3. The van der Waals surface area contributed by atoms with Crippen molar-refractivity contribution in [3.63, 3.8) is 0 Å². The maximum atomic E-state index is 12.7. The summed E-state index contributed by atoms with van der Waals surface area (Å²) in [5.74, 6) is -1.30. The normalized spacial score (nSPS) is 11.2. The van der Waals surface area contributed by atoms with Gasteiger partial charge in [-0.15, -0.1) is 0 Å². The lowest BCUT2D eigenvalue weighted by Gasteiger charge is -2.07. The highest BCUT2D eigenvalue weighted by Gasteiger charge is 2.21. The number of aromatic carboxylic acids is 1. The van der Waals surface area contributed by atoms with Crippen LogP contribution in [0.2, 0.25) is 5.02 Å². The van der Waals surface area contributed by atoms with Crippen molar-refractivity contribution in [1.29, 1.82) is 0 Å². The molecule has 4 rings (SSSR count). The van der Waals surface area contributed by atoms with E-state index >= 15 is 0 Å². The lowest BCUT2D eigenvalue weighted by Crippen LogP contribution is -2.27. The van der Waals surface area contributed by atoms with Crippen LogP contribution in [0.1, 0.15) is 10.4 Å². The smallest absolute Gasteiger partial charge is 0.343 e. The van der Waals surface area contributed by atoms with E-state index in [1.54, 1.807) is 30.3 Å². The van der Waals surface area contributed by atoms with Crippen LogP contribution in [0.5, 0.6) is 0 Å². The molecule has 7 heteroatoms. The van der Waals surface area contributed by atoms with Crippen molar-refractivity contribution in [2.75, 3.05) is 0 Å². The third-order valence-electron chi connectivity index (χ3n) is 3.82. The molecule has 0 aliphatic heterocycles. The second kappa shape index (κ2) is 5.21. The van der Waals surface area contributed by atoms with Crippen LogP contribution in [-0.2, 0) is 0 Å². The second-order valence-electron chi connectivity index (χ2n) is 5.27. The van der Waals surface area contributed by atoms with Crippen LogP contribution in [0.4, 0.5) is 0 Å². The molecule has 2 N–H and O–H groups in total. The van der Waals surface area contributed by atoms with Crippen molar-refractivity contribution in [3.05, 3.63) is 69.5 Å². The number of rotatable bonds is 2. The molecule has 0 saturated heterocycles. The molecule has 0 fully saturated rings. The number of nitrogens with zero attached hydrogens (tertiary/aromatic N) is 2. The van der Waals surface area contributed by atoms with Gasteiger partial charge in [0.05, 0.1) is 11.2 Å². The summed E-state index contributed by atoms with van der Waals surface area (Å²) in [5.41, 5.74) is 0.765. The molecule has 2 aromatic heterocycles. The Morgan fingerprint density at radius 1 is 1.12 bits per heavy atom. The van der Waals surface area contributed by atoms with Gasteiger partial charge in [-0.25, -0.2) is 4.79 Å². The Hall–Kier alpha value is -3.12. The highest BCUT2D eigenvalue weighted by atomic mass is 35.5. The van der Waals surface area contributed by atoms with E-state index in [1.807, 2.05) is 18.2 Å². The van der Waals surface area contributed by atoms with Crippen LogP contribution in [0.25, 0.3) is 27.6 Å². The summed E-state index contributed by atoms with van der Waals surface area (Å²) in [6, 6.07) is 13.7. The highest BCUT2D eigenvalue weighted by Crippen LogP contribution is 2.25. The number of para-hydroxylation sites is 1. The molecule has 2 aromatic carbocycles. The molecule has 0 saturated carbocycles. The molecule has 0 bridgehead atoms. The fourth-order valence-corrected chi connectivity index (χ4v) is 2.85. The monoisotopic (exact) mass is 339 g/mol. The summed E-state index contributed by atoms with van der Waals surface area (Å²) >= 11 is 5.87. The number of carboxylic acids is 1. The number of aromatic nitrogens is 3. The Morgan fingerprint density at radius 2 is 1.83 bits per heavy atom. The van der Waals surface area contributed by atoms with Crippen molar-refractivity contribution in [2.24, 2.45) is 0 Å². The summed E-state index contributed by atoms with van der Waals surface area (Å²) < 4.78 is 1.09. The van der Waals surface area contributed by atoms with Gasteiger partial charge in [-0.05, 0) is 30.3 Å². The summed E-state index contributed by atoms with van der Waals surface area (Å²) in [6.07, 6.45) is 0. The number of H-pyrrole nitrogens is 1. The van der Waals surface area contributed by atoms with E-state index in [9.17, 15) is 14.7 Å². The van der Waals surface area contributed by atoms with Crippen molar-refractivity contribution >= 4 is 39.5 Å². The molecular weight excluding hydrogens is 330 g/mol. The Balaban J connectivity index is 2.17. The van der Waals surface area contributed by atoms with Gasteiger partial charge in [0.2, 0.25) is 0 Å². The first-order valence-electron chi connectivity index (χ1n) is 7.09. The first kappa shape index (κ1) is 14.5. The minimum atomic E-state index is -1.30. The second-order valence-corrected chi connectivity index (χ2v) is 5.70. The number of halogens is 1. The molecule has 0 aliphatic carbocycles. The summed E-state index contributed by atoms with van der Waals surface area (Å²) in [4.78, 5) is 27.3. The molecule has 0 aliphatic rings. The standard InChI is InChI=1S/C17H10ClN3O3/c18-9-5-7-10(8-6-9)21-16(22)13(17(23)24)15-14(20-21)11-3-1-2-4-12(11)19-15/h1-8,19H,(H,23,24). The fourth-order valence-electron chi connectivity index (χ4n) is 2.73. The van der Waals surface area contributed by atoms with E-state index < -0.39 is 11.5 Å². The number of benzene rings is 2. The molecule has 118 valence electrons. The van der Waals surface area contributed by atoms with Gasteiger partial charge in [-0.2, -0.15) is 9.78 Å². The molecule has 4 aromatic rings. The highest BCUT2D eigenvalue weighted by molar-refractivity contribution is 6.30. The molecule has 24 heavy (non-hydrogen) atoms. The number of hydrogen-bond donors (Lipinski definition) is 2. The number of nitrogens with one attached hydrogen (secondary N) is 1. The molecule has 6 nitrogen and oxygen atoms in total. The van der Waals surface area contributed by atoms with Gasteiger partial charge >= 0.3 is 5.97 Å². The largest absolute Gasteiger partial charge is 0.477 e. The number of fused-ring (bicyclic) bond motifs is 3. The van der Waals surface area contributed by atoms with Crippen molar-refractivity contribution in [3.8, 4) is 5.69 Å². The predicted octanol–water partition coefficient (Wildman–Crippen LogP) is 3.22. The lowest BCUT2D eigenvalue weighted by molar-refractivity contribution is 0.0696. The molecule has 0 spiro atoms. The zero-order valence-corrected chi connectivity index (χ0v) is 12.9. The van der Waals surface area contributed by atoms with Crippen LogP contribution < -0.4 is 5.56 Å². The third kappa shape index (κ3) is 2.08. The molecular formula is C17H10ClN3O3. The summed E-state index contributed by atoms with van der Waals surface area (Å²) in [5, 5.41) is 15.2. The van der Waals surface area contributed by atoms with Crippen molar-refractivity contribution in [1.82, 2.24) is 14.8 Å². The van der Waals surface area contributed by atoms with Gasteiger partial charge in [0.25, 0.3) is 5.56 Å². The first-order chi connectivity index (χ1) is 11.6. The minimum Gasteiger partial charge on any atom is -0.477 e. The Bertz CT molecular complexity index is 1160. The maximum absolute atomic E-state index is 12.7. The van der Waals surface area contributed by atoms with Crippen LogP contribution in [0, 0.1) is 0 Å². The number of carbonyl (C=O) groups is 1. The summed E-state index contributed by atoms with van der Waals surface area (Å²) in [7, 11) is 0. The fraction of sp³-hybridized carbons (Fsp3) is 0. The van der Waals surface area contributed by atoms with Crippen LogP contribution in [0.3, 0.4) is 0 Å². The summed E-state index contributed by atoms with van der Waals surface area (Å²) in [6.45, 7) is 0. The van der Waals surface area contributed by atoms with Gasteiger partial charge in [-0.1, -0.05) is 29.8 Å². The van der Waals surface area contributed by atoms with Gasteiger partial charge in [-0.3, -0.25) is 4.79 Å². The zero-order chi connectivity index (χ0) is 16.8. The van der Waals surface area contributed by atoms with Crippen LogP contribution >= 0.6 is 11.6 Å². The quantitative estimate of drug-likeness (QED) is 0.587. The third-order valence-corrected chi connectivity index (χ3v) is 4.07. The van der Waals surface area contributed by atoms with Gasteiger partial charge in [0.15, 0.2) is 5.56 Å². The number of carboxylic acid groups (broad SMARTS) is 1. The average molecular weight is 340 g/mol.